The minimum absolute atomic E-state index is 0.0608. The summed E-state index contributed by atoms with van der Waals surface area (Å²) in [6, 6.07) is 0. The number of aromatic nitrogens is 2. The van der Waals surface area contributed by atoms with E-state index in [0.717, 1.165) is 17.0 Å². The Kier molecular flexibility index (Phi) is 2.31. The molecule has 0 bridgehead atoms. The number of carbonyl (C=O) groups excluding carboxylic acids is 1. The van der Waals surface area contributed by atoms with Crippen molar-refractivity contribution < 1.29 is 4.79 Å². The van der Waals surface area contributed by atoms with Gasteiger partial charge < -0.3 is 0 Å². The van der Waals surface area contributed by atoms with Gasteiger partial charge in [0.1, 0.15) is 0 Å². The molecule has 0 aliphatic heterocycles. The number of carbonyl (C=O) groups is 1. The van der Waals surface area contributed by atoms with Gasteiger partial charge in [-0.3, -0.25) is 9.48 Å². The van der Waals surface area contributed by atoms with Gasteiger partial charge >= 0.3 is 0 Å². The van der Waals surface area contributed by atoms with Crippen molar-refractivity contribution in [3.05, 3.63) is 17.0 Å². The molecule has 4 heteroatoms. The molecule has 0 atom stereocenters. The maximum absolute atomic E-state index is 11.0. The second kappa shape index (κ2) is 2.92. The molecule has 1 rings (SSSR count). The summed E-state index contributed by atoms with van der Waals surface area (Å²) < 4.78 is 1.78. The van der Waals surface area contributed by atoms with Crippen LogP contribution >= 0.6 is 22.6 Å². The average molecular weight is 264 g/mol. The van der Waals surface area contributed by atoms with E-state index >= 15 is 0 Å². The van der Waals surface area contributed by atoms with Gasteiger partial charge in [-0.15, -0.1) is 0 Å². The molecular formula is C7H9IN2O. The normalized spacial score (nSPS) is 10.2. The van der Waals surface area contributed by atoms with Crippen molar-refractivity contribution in [3.63, 3.8) is 0 Å². The van der Waals surface area contributed by atoms with E-state index in [-0.39, 0.29) is 3.79 Å². The minimum Gasteiger partial charge on any atom is -0.282 e. The molecule has 0 N–H and O–H groups in total. The summed E-state index contributed by atoms with van der Waals surface area (Å²) in [5.41, 5.74) is 2.49. The van der Waals surface area contributed by atoms with Crippen LogP contribution in [0.3, 0.4) is 0 Å². The van der Waals surface area contributed by atoms with Gasteiger partial charge in [0.25, 0.3) is 0 Å². The van der Waals surface area contributed by atoms with Gasteiger partial charge in [0, 0.05) is 35.3 Å². The topological polar surface area (TPSA) is 34.9 Å². The summed E-state index contributed by atoms with van der Waals surface area (Å²) in [6.07, 6.45) is 0. The van der Waals surface area contributed by atoms with Crippen LogP contribution in [0.25, 0.3) is 0 Å². The third-order valence-electron chi connectivity index (χ3n) is 1.71. The van der Waals surface area contributed by atoms with Crippen molar-refractivity contribution in [2.45, 2.75) is 13.8 Å². The molecule has 0 aliphatic carbocycles. The highest BCUT2D eigenvalue weighted by atomic mass is 127. The van der Waals surface area contributed by atoms with Crippen LogP contribution in [0.2, 0.25) is 0 Å². The van der Waals surface area contributed by atoms with Gasteiger partial charge in [-0.25, -0.2) is 0 Å². The second-order valence-corrected chi connectivity index (χ2v) is 3.42. The first-order valence-corrected chi connectivity index (χ1v) is 4.32. The van der Waals surface area contributed by atoms with Crippen molar-refractivity contribution in [1.29, 1.82) is 0 Å². The molecule has 0 saturated carbocycles. The molecule has 0 aromatic carbocycles. The molecule has 3 nitrogen and oxygen atoms in total. The van der Waals surface area contributed by atoms with Crippen molar-refractivity contribution in [2.24, 2.45) is 7.05 Å². The third-order valence-corrected chi connectivity index (χ3v) is 2.24. The molecule has 1 aromatic heterocycles. The van der Waals surface area contributed by atoms with E-state index in [2.05, 4.69) is 5.10 Å². The van der Waals surface area contributed by atoms with Crippen LogP contribution in [-0.2, 0) is 7.05 Å². The predicted molar refractivity (Wildman–Crippen MR) is 51.0 cm³/mol. The van der Waals surface area contributed by atoms with Crippen LogP contribution in [0, 0.1) is 13.8 Å². The first-order chi connectivity index (χ1) is 5.04. The summed E-state index contributed by atoms with van der Waals surface area (Å²) in [6.45, 7) is 3.74. The molecule has 0 spiro atoms. The fraction of sp³-hybridized carbons (Fsp3) is 0.429. The number of hydrogen-bond acceptors (Lipinski definition) is 2. The molecule has 11 heavy (non-hydrogen) atoms. The van der Waals surface area contributed by atoms with Gasteiger partial charge in [0.2, 0.25) is 3.79 Å². The highest BCUT2D eigenvalue weighted by molar-refractivity contribution is 14.1. The number of aryl methyl sites for hydroxylation is 2. The predicted octanol–water partition coefficient (Wildman–Crippen LogP) is 1.61. The lowest BCUT2D eigenvalue weighted by atomic mass is 10.2. The van der Waals surface area contributed by atoms with Gasteiger partial charge in [-0.2, -0.15) is 5.10 Å². The summed E-state index contributed by atoms with van der Waals surface area (Å²) in [5.74, 6) is 0. The van der Waals surface area contributed by atoms with E-state index in [9.17, 15) is 4.79 Å². The zero-order valence-electron chi connectivity index (χ0n) is 6.68. The van der Waals surface area contributed by atoms with Crippen molar-refractivity contribution >= 4 is 26.4 Å². The summed E-state index contributed by atoms with van der Waals surface area (Å²) in [7, 11) is 1.84. The van der Waals surface area contributed by atoms with Gasteiger partial charge in [-0.1, -0.05) is 0 Å². The summed E-state index contributed by atoms with van der Waals surface area (Å²) in [4.78, 5) is 11.0. The Morgan fingerprint density at radius 1 is 1.55 bits per heavy atom. The molecule has 0 amide bonds. The fourth-order valence-corrected chi connectivity index (χ4v) is 1.84. The number of halogens is 1. The Hall–Kier alpha value is -0.390. The van der Waals surface area contributed by atoms with Gasteiger partial charge in [-0.05, 0) is 13.8 Å². The third kappa shape index (κ3) is 1.45. The smallest absolute Gasteiger partial charge is 0.226 e. The van der Waals surface area contributed by atoms with E-state index < -0.39 is 0 Å². The van der Waals surface area contributed by atoms with Crippen LogP contribution in [-0.4, -0.2) is 13.6 Å². The lowest BCUT2D eigenvalue weighted by molar-refractivity contribution is 0.110. The van der Waals surface area contributed by atoms with Gasteiger partial charge in [0.05, 0.1) is 11.3 Å². The van der Waals surface area contributed by atoms with Crippen LogP contribution in [0.4, 0.5) is 0 Å². The second-order valence-electron chi connectivity index (χ2n) is 2.44. The number of rotatable bonds is 1. The molecular weight excluding hydrogens is 255 g/mol. The summed E-state index contributed by atoms with van der Waals surface area (Å²) in [5, 5.41) is 4.12. The molecule has 0 aliphatic rings. The lowest BCUT2D eigenvalue weighted by Crippen LogP contribution is -1.95. The first-order valence-electron chi connectivity index (χ1n) is 3.24. The Labute approximate surface area is 78.9 Å². The maximum Gasteiger partial charge on any atom is 0.226 e. The lowest BCUT2D eigenvalue weighted by Gasteiger charge is -1.93. The van der Waals surface area contributed by atoms with Gasteiger partial charge in [0.15, 0.2) is 0 Å². The number of hydrogen-bond donors (Lipinski definition) is 0. The molecule has 1 aromatic rings. The standard InChI is InChI=1S/C7H9IN2O/c1-4-6(7(8)11)5(2)10(3)9-4/h1-3H3. The Morgan fingerprint density at radius 2 is 2.09 bits per heavy atom. The molecule has 0 unspecified atom stereocenters. The van der Waals surface area contributed by atoms with Crippen LogP contribution in [0.1, 0.15) is 21.7 Å². The highest BCUT2D eigenvalue weighted by Crippen LogP contribution is 2.15. The van der Waals surface area contributed by atoms with Crippen molar-refractivity contribution in [3.8, 4) is 0 Å². The molecule has 60 valence electrons. The van der Waals surface area contributed by atoms with E-state index in [1.54, 1.807) is 27.3 Å². The monoisotopic (exact) mass is 264 g/mol. The van der Waals surface area contributed by atoms with E-state index in [0.29, 0.717) is 0 Å². The highest BCUT2D eigenvalue weighted by Gasteiger charge is 2.13. The Balaban J connectivity index is 3.34. The molecule has 0 radical (unpaired) electrons. The zero-order valence-corrected chi connectivity index (χ0v) is 8.84. The van der Waals surface area contributed by atoms with Crippen LogP contribution in [0.15, 0.2) is 0 Å². The SMILES string of the molecule is Cc1nn(C)c(C)c1C(=O)I. The minimum atomic E-state index is 0.0608. The largest absolute Gasteiger partial charge is 0.282 e. The first kappa shape index (κ1) is 8.70. The average Bonchev–Trinajstić information content (AvgIpc) is 2.07. The van der Waals surface area contributed by atoms with Crippen molar-refractivity contribution in [1.82, 2.24) is 9.78 Å². The Bertz CT molecular complexity index is 304. The zero-order chi connectivity index (χ0) is 8.59. The van der Waals surface area contributed by atoms with Crippen LogP contribution in [0.5, 0.6) is 0 Å². The van der Waals surface area contributed by atoms with E-state index in [1.165, 1.54) is 0 Å². The number of nitrogens with zero attached hydrogens (tertiary/aromatic N) is 2. The van der Waals surface area contributed by atoms with Crippen molar-refractivity contribution in [2.75, 3.05) is 0 Å². The van der Waals surface area contributed by atoms with Crippen LogP contribution < -0.4 is 0 Å². The quantitative estimate of drug-likeness (QED) is 0.570. The fourth-order valence-electron chi connectivity index (χ4n) is 1.06. The molecule has 0 fully saturated rings. The Morgan fingerprint density at radius 3 is 2.27 bits per heavy atom. The van der Waals surface area contributed by atoms with E-state index in [1.807, 2.05) is 20.9 Å². The van der Waals surface area contributed by atoms with E-state index in [4.69, 9.17) is 0 Å². The molecule has 0 saturated heterocycles. The molecule has 1 heterocycles. The maximum atomic E-state index is 11.0. The summed E-state index contributed by atoms with van der Waals surface area (Å²) >= 11 is 1.78.